The second-order valence-electron chi connectivity index (χ2n) is 7.41. The van der Waals surface area contributed by atoms with Crippen molar-refractivity contribution < 1.29 is 0 Å². The minimum absolute atomic E-state index is 0.646. The normalized spacial score (nSPS) is 26.5. The molecule has 1 aliphatic heterocycles. The maximum absolute atomic E-state index is 4.88. The molecule has 0 atom stereocenters. The first-order valence-corrected chi connectivity index (χ1v) is 9.79. The Morgan fingerprint density at radius 1 is 1.04 bits per heavy atom. The van der Waals surface area contributed by atoms with Gasteiger partial charge < -0.3 is 15.1 Å². The zero-order valence-corrected chi connectivity index (χ0v) is 15.4. The van der Waals surface area contributed by atoms with E-state index < -0.39 is 0 Å². The van der Waals surface area contributed by atoms with Crippen LogP contribution in [0.25, 0.3) is 0 Å². The molecule has 126 valence electrons. The van der Waals surface area contributed by atoms with Crippen LogP contribution in [-0.2, 0) is 12.8 Å². The van der Waals surface area contributed by atoms with E-state index in [2.05, 4.69) is 36.3 Å². The van der Waals surface area contributed by atoms with Crippen molar-refractivity contribution in [3.8, 4) is 0 Å². The van der Waals surface area contributed by atoms with Crippen LogP contribution in [0.15, 0.2) is 4.99 Å². The Morgan fingerprint density at radius 2 is 1.78 bits per heavy atom. The van der Waals surface area contributed by atoms with E-state index in [1.165, 1.54) is 61.3 Å². The summed E-state index contributed by atoms with van der Waals surface area (Å²) in [6, 6.07) is 1.41. The lowest BCUT2D eigenvalue weighted by Crippen LogP contribution is -2.44. The molecule has 23 heavy (non-hydrogen) atoms. The van der Waals surface area contributed by atoms with Gasteiger partial charge in [0.2, 0.25) is 0 Å². The molecule has 2 heterocycles. The highest BCUT2D eigenvalue weighted by Crippen LogP contribution is 2.41. The molecule has 2 aliphatic carbocycles. The fourth-order valence-corrected chi connectivity index (χ4v) is 5.73. The minimum Gasteiger partial charge on any atom is -0.357 e. The average Bonchev–Trinajstić information content (AvgIpc) is 3.14. The van der Waals surface area contributed by atoms with Crippen LogP contribution in [-0.4, -0.2) is 55.5 Å². The number of rotatable bonds is 2. The summed E-state index contributed by atoms with van der Waals surface area (Å²) in [7, 11) is 6.70. The first-order valence-electron chi connectivity index (χ1n) is 8.97. The van der Waals surface area contributed by atoms with Crippen molar-refractivity contribution in [2.24, 2.45) is 4.99 Å². The Kier molecular flexibility index (Phi) is 4.10. The molecule has 4 nitrogen and oxygen atoms in total. The smallest absolute Gasteiger partial charge is 0.136 e. The predicted octanol–water partition coefficient (Wildman–Crippen LogP) is 3.17. The molecule has 1 aromatic heterocycles. The zero-order valence-electron chi connectivity index (χ0n) is 14.6. The number of nitrogens with one attached hydrogen (secondary N) is 1. The molecule has 0 spiro atoms. The van der Waals surface area contributed by atoms with Crippen molar-refractivity contribution in [2.45, 2.75) is 57.0 Å². The number of hydrogen-bond donors (Lipinski definition) is 1. The molecule has 0 aromatic carbocycles. The van der Waals surface area contributed by atoms with E-state index in [-0.39, 0.29) is 0 Å². The molecule has 3 aliphatic rings. The first-order chi connectivity index (χ1) is 11.1. The third kappa shape index (κ3) is 2.68. The highest BCUT2D eigenvalue weighted by molar-refractivity contribution is 7.16. The molecule has 5 heteroatoms. The number of fused-ring (bicyclic) bond motifs is 3. The molecule has 0 radical (unpaired) electrons. The summed E-state index contributed by atoms with van der Waals surface area (Å²) in [6.07, 6.45) is 9.01. The Hall–Kier alpha value is -1.07. The van der Waals surface area contributed by atoms with E-state index in [0.29, 0.717) is 6.04 Å². The van der Waals surface area contributed by atoms with Gasteiger partial charge in [-0.3, -0.25) is 0 Å². The van der Waals surface area contributed by atoms with E-state index in [4.69, 9.17) is 4.99 Å². The maximum Gasteiger partial charge on any atom is 0.136 e. The van der Waals surface area contributed by atoms with Gasteiger partial charge in [0, 0.05) is 24.0 Å². The van der Waals surface area contributed by atoms with Crippen LogP contribution in [0.2, 0.25) is 0 Å². The van der Waals surface area contributed by atoms with Crippen molar-refractivity contribution in [1.29, 1.82) is 0 Å². The van der Waals surface area contributed by atoms with Gasteiger partial charge >= 0.3 is 0 Å². The Morgan fingerprint density at radius 3 is 2.52 bits per heavy atom. The SMILES string of the molecule is CN(C)C1CCC(N(C)C2=NCNc3sc4c(c32)CCC4)CC1. The lowest BCUT2D eigenvalue weighted by molar-refractivity contribution is 0.176. The quantitative estimate of drug-likeness (QED) is 0.902. The van der Waals surface area contributed by atoms with Crippen LogP contribution in [0.5, 0.6) is 0 Å². The lowest BCUT2D eigenvalue weighted by Gasteiger charge is -2.39. The third-order valence-electron chi connectivity index (χ3n) is 5.89. The van der Waals surface area contributed by atoms with Crippen LogP contribution < -0.4 is 5.32 Å². The third-order valence-corrected chi connectivity index (χ3v) is 7.14. The molecule has 0 unspecified atom stereocenters. The van der Waals surface area contributed by atoms with Crippen molar-refractivity contribution in [1.82, 2.24) is 9.80 Å². The van der Waals surface area contributed by atoms with E-state index in [0.717, 1.165) is 12.7 Å². The second-order valence-corrected chi connectivity index (χ2v) is 8.52. The summed E-state index contributed by atoms with van der Waals surface area (Å²) in [5.74, 6) is 1.26. The number of hydrogen-bond acceptors (Lipinski definition) is 5. The highest BCUT2D eigenvalue weighted by Gasteiger charge is 2.32. The average molecular weight is 333 g/mol. The Labute approximate surface area is 143 Å². The highest BCUT2D eigenvalue weighted by atomic mass is 32.1. The zero-order chi connectivity index (χ0) is 16.0. The predicted molar refractivity (Wildman–Crippen MR) is 98.9 cm³/mol. The number of thiophene rings is 1. The van der Waals surface area contributed by atoms with Gasteiger partial charge in [0.1, 0.15) is 17.5 Å². The summed E-state index contributed by atoms with van der Waals surface area (Å²) >= 11 is 1.97. The molecule has 0 bridgehead atoms. The van der Waals surface area contributed by atoms with Gasteiger partial charge in [-0.25, -0.2) is 4.99 Å². The first kappa shape index (κ1) is 15.5. The van der Waals surface area contributed by atoms with Crippen LogP contribution in [0.1, 0.15) is 48.1 Å². The van der Waals surface area contributed by atoms with Crippen LogP contribution in [0, 0.1) is 0 Å². The van der Waals surface area contributed by atoms with Crippen molar-refractivity contribution >= 4 is 22.2 Å². The summed E-state index contributed by atoms with van der Waals surface area (Å²) in [6.45, 7) is 0.735. The van der Waals surface area contributed by atoms with Crippen LogP contribution >= 0.6 is 11.3 Å². The number of aryl methyl sites for hydroxylation is 1. The Bertz CT molecular complexity index is 611. The monoisotopic (exact) mass is 332 g/mol. The number of amidine groups is 1. The molecule has 1 N–H and O–H groups in total. The van der Waals surface area contributed by atoms with Gasteiger partial charge in [-0.15, -0.1) is 11.3 Å². The summed E-state index contributed by atoms with van der Waals surface area (Å²) in [4.78, 5) is 11.4. The summed E-state index contributed by atoms with van der Waals surface area (Å²) in [5.41, 5.74) is 3.02. The van der Waals surface area contributed by atoms with E-state index in [1.807, 2.05) is 11.3 Å². The van der Waals surface area contributed by atoms with E-state index in [9.17, 15) is 0 Å². The standard InChI is InChI=1S/C18H28N4S/c1-21(2)12-7-9-13(10-8-12)22(3)17-16-14-5-4-6-15(14)23-18(16)20-11-19-17/h12-13,20H,4-11H2,1-3H3. The topological polar surface area (TPSA) is 30.9 Å². The molecular weight excluding hydrogens is 304 g/mol. The second kappa shape index (κ2) is 6.10. The van der Waals surface area contributed by atoms with Crippen LogP contribution in [0.3, 0.4) is 0 Å². The molecule has 4 rings (SSSR count). The van der Waals surface area contributed by atoms with Crippen LogP contribution in [0.4, 0.5) is 5.00 Å². The minimum atomic E-state index is 0.646. The van der Waals surface area contributed by atoms with Crippen molar-refractivity contribution in [3.05, 3.63) is 16.0 Å². The molecular formula is C18H28N4S. The Balaban J connectivity index is 1.54. The molecule has 1 fully saturated rings. The van der Waals surface area contributed by atoms with Gasteiger partial charge in [-0.1, -0.05) is 0 Å². The number of nitrogens with zero attached hydrogens (tertiary/aromatic N) is 3. The summed E-state index contributed by atoms with van der Waals surface area (Å²) < 4.78 is 0. The van der Waals surface area contributed by atoms with Crippen molar-refractivity contribution in [2.75, 3.05) is 33.1 Å². The van der Waals surface area contributed by atoms with Gasteiger partial charge in [0.25, 0.3) is 0 Å². The lowest BCUT2D eigenvalue weighted by atomic mass is 9.89. The maximum atomic E-state index is 4.88. The largest absolute Gasteiger partial charge is 0.357 e. The number of anilines is 1. The fraction of sp³-hybridized carbons (Fsp3) is 0.722. The molecule has 1 aromatic rings. The summed E-state index contributed by atoms with van der Waals surface area (Å²) in [5, 5.41) is 4.87. The van der Waals surface area contributed by atoms with Gasteiger partial charge in [0.05, 0.1) is 5.56 Å². The molecule has 0 saturated heterocycles. The van der Waals surface area contributed by atoms with Gasteiger partial charge in [-0.2, -0.15) is 0 Å². The number of aliphatic imine (C=N–C) groups is 1. The van der Waals surface area contributed by atoms with Gasteiger partial charge in [0.15, 0.2) is 0 Å². The van der Waals surface area contributed by atoms with Crippen molar-refractivity contribution in [3.63, 3.8) is 0 Å². The molecule has 0 amide bonds. The van der Waals surface area contributed by atoms with Gasteiger partial charge in [-0.05, 0) is 64.6 Å². The fourth-order valence-electron chi connectivity index (χ4n) is 4.45. The van der Waals surface area contributed by atoms with E-state index in [1.54, 1.807) is 10.4 Å². The molecule has 1 saturated carbocycles. The van der Waals surface area contributed by atoms with E-state index >= 15 is 0 Å².